The minimum atomic E-state index is -3.25. The molecule has 1 fully saturated rings. The molecule has 3 N–H and O–H groups in total. The molecule has 7 nitrogen and oxygen atoms in total. The quantitative estimate of drug-likeness (QED) is 0.415. The van der Waals surface area contributed by atoms with Crippen molar-refractivity contribution in [2.24, 2.45) is 10.9 Å². The summed E-state index contributed by atoms with van der Waals surface area (Å²) in [7, 11) is -3.25. The molecular formula is C16H29N5O2S2. The normalized spacial score (nSPS) is 15.8. The van der Waals surface area contributed by atoms with E-state index >= 15 is 0 Å². The van der Waals surface area contributed by atoms with Crippen LogP contribution in [0.2, 0.25) is 0 Å². The number of guanidine groups is 1. The van der Waals surface area contributed by atoms with Crippen LogP contribution in [-0.2, 0) is 16.4 Å². The Hall–Kier alpha value is -1.19. The van der Waals surface area contributed by atoms with Gasteiger partial charge in [0.2, 0.25) is 10.0 Å². The Morgan fingerprint density at radius 2 is 2.20 bits per heavy atom. The first-order valence-electron chi connectivity index (χ1n) is 8.89. The molecule has 0 atom stereocenters. The fourth-order valence-electron chi connectivity index (χ4n) is 2.44. The zero-order valence-corrected chi connectivity index (χ0v) is 16.7. The van der Waals surface area contributed by atoms with Crippen LogP contribution in [0.3, 0.4) is 0 Å². The first-order valence-corrected chi connectivity index (χ1v) is 11.4. The van der Waals surface area contributed by atoms with E-state index in [-0.39, 0.29) is 12.3 Å². The Morgan fingerprint density at radius 1 is 1.40 bits per heavy atom. The smallest absolute Gasteiger partial charge is 0.213 e. The van der Waals surface area contributed by atoms with Crippen molar-refractivity contribution in [3.63, 3.8) is 0 Å². The van der Waals surface area contributed by atoms with Crippen LogP contribution in [0, 0.1) is 12.8 Å². The predicted molar refractivity (Wildman–Crippen MR) is 104 cm³/mol. The molecule has 0 aromatic carbocycles. The maximum atomic E-state index is 12.0. The molecule has 0 saturated heterocycles. The molecule has 1 heterocycles. The lowest BCUT2D eigenvalue weighted by molar-refractivity contribution is 0.316. The average molecular weight is 388 g/mol. The second kappa shape index (κ2) is 10.1. The van der Waals surface area contributed by atoms with Crippen LogP contribution in [0.4, 0.5) is 0 Å². The van der Waals surface area contributed by atoms with Crippen molar-refractivity contribution in [2.45, 2.75) is 39.5 Å². The van der Waals surface area contributed by atoms with Gasteiger partial charge in [0.25, 0.3) is 0 Å². The second-order valence-corrected chi connectivity index (χ2v) is 9.51. The van der Waals surface area contributed by atoms with E-state index in [9.17, 15) is 8.42 Å². The van der Waals surface area contributed by atoms with Gasteiger partial charge in [-0.2, -0.15) is 0 Å². The number of hydrogen-bond acceptors (Lipinski definition) is 5. The molecule has 1 aromatic heterocycles. The Morgan fingerprint density at radius 3 is 2.80 bits per heavy atom. The van der Waals surface area contributed by atoms with E-state index in [0.717, 1.165) is 30.8 Å². The van der Waals surface area contributed by atoms with Crippen molar-refractivity contribution < 1.29 is 8.42 Å². The van der Waals surface area contributed by atoms with Gasteiger partial charge in [-0.05, 0) is 32.6 Å². The molecule has 0 spiro atoms. The zero-order chi connectivity index (χ0) is 18.1. The van der Waals surface area contributed by atoms with E-state index in [4.69, 9.17) is 0 Å². The Kier molecular flexibility index (Phi) is 8.11. The highest BCUT2D eigenvalue weighted by Crippen LogP contribution is 2.25. The van der Waals surface area contributed by atoms with E-state index < -0.39 is 10.0 Å². The van der Waals surface area contributed by atoms with Crippen molar-refractivity contribution in [3.8, 4) is 0 Å². The molecule has 0 unspecified atom stereocenters. The van der Waals surface area contributed by atoms with E-state index in [1.165, 1.54) is 11.3 Å². The molecule has 1 aliphatic carbocycles. The fraction of sp³-hybridized carbons (Fsp3) is 0.750. The Balaban J connectivity index is 1.71. The lowest BCUT2D eigenvalue weighted by Gasteiger charge is -2.25. The highest BCUT2D eigenvalue weighted by molar-refractivity contribution is 7.89. The van der Waals surface area contributed by atoms with Gasteiger partial charge < -0.3 is 10.6 Å². The molecule has 0 amide bonds. The van der Waals surface area contributed by atoms with Gasteiger partial charge >= 0.3 is 0 Å². The number of aryl methyl sites for hydroxylation is 1. The number of thiazole rings is 1. The number of sulfonamides is 1. The van der Waals surface area contributed by atoms with Gasteiger partial charge in [-0.1, -0.05) is 6.42 Å². The van der Waals surface area contributed by atoms with Gasteiger partial charge in [-0.3, -0.25) is 4.99 Å². The van der Waals surface area contributed by atoms with Gasteiger partial charge in [0.15, 0.2) is 5.96 Å². The highest BCUT2D eigenvalue weighted by Gasteiger charge is 2.19. The van der Waals surface area contributed by atoms with E-state index in [1.54, 1.807) is 11.3 Å². The summed E-state index contributed by atoms with van der Waals surface area (Å²) in [5.41, 5.74) is 0. The molecule has 142 valence electrons. The molecule has 1 saturated carbocycles. The number of nitrogens with one attached hydrogen (secondary N) is 3. The summed E-state index contributed by atoms with van der Waals surface area (Å²) in [4.78, 5) is 9.89. The van der Waals surface area contributed by atoms with Crippen LogP contribution >= 0.6 is 11.3 Å². The average Bonchev–Trinajstić information content (AvgIpc) is 2.91. The SMILES string of the molecule is CCNC(=NCCS(=O)(=O)NCC1CCC1)NCCc1ncc(C)s1. The first-order chi connectivity index (χ1) is 12.0. The second-order valence-electron chi connectivity index (χ2n) is 6.27. The summed E-state index contributed by atoms with van der Waals surface area (Å²) in [6.45, 7) is 6.28. The lowest BCUT2D eigenvalue weighted by Crippen LogP contribution is -2.39. The third kappa shape index (κ3) is 7.70. The number of nitrogens with zero attached hydrogens (tertiary/aromatic N) is 2. The lowest BCUT2D eigenvalue weighted by atomic mass is 9.86. The molecule has 25 heavy (non-hydrogen) atoms. The minimum Gasteiger partial charge on any atom is -0.357 e. The maximum absolute atomic E-state index is 12.0. The largest absolute Gasteiger partial charge is 0.357 e. The van der Waals surface area contributed by atoms with Crippen LogP contribution in [0.15, 0.2) is 11.2 Å². The molecule has 0 bridgehead atoms. The first kappa shape index (κ1) is 20.1. The molecule has 2 rings (SSSR count). The van der Waals surface area contributed by atoms with Crippen molar-refractivity contribution >= 4 is 27.3 Å². The third-order valence-corrected chi connectivity index (χ3v) is 6.39. The van der Waals surface area contributed by atoms with Crippen molar-refractivity contribution in [1.29, 1.82) is 0 Å². The topological polar surface area (TPSA) is 95.5 Å². The van der Waals surface area contributed by atoms with Crippen LogP contribution in [0.5, 0.6) is 0 Å². The summed E-state index contributed by atoms with van der Waals surface area (Å²) < 4.78 is 26.7. The van der Waals surface area contributed by atoms with Crippen LogP contribution in [0.25, 0.3) is 0 Å². The van der Waals surface area contributed by atoms with E-state index in [1.807, 2.05) is 20.0 Å². The summed E-state index contributed by atoms with van der Waals surface area (Å²) in [6.07, 6.45) is 6.18. The third-order valence-electron chi connectivity index (χ3n) is 4.09. The summed E-state index contributed by atoms with van der Waals surface area (Å²) in [6, 6.07) is 0. The van der Waals surface area contributed by atoms with Gasteiger partial charge in [0.1, 0.15) is 0 Å². The minimum absolute atomic E-state index is 0.0158. The number of rotatable bonds is 10. The van der Waals surface area contributed by atoms with E-state index in [0.29, 0.717) is 25.0 Å². The molecular weight excluding hydrogens is 358 g/mol. The van der Waals surface area contributed by atoms with Gasteiger partial charge in [0.05, 0.1) is 17.3 Å². The Labute approximate surface area is 154 Å². The number of aromatic nitrogens is 1. The maximum Gasteiger partial charge on any atom is 0.213 e. The van der Waals surface area contributed by atoms with Crippen LogP contribution < -0.4 is 15.4 Å². The molecule has 1 aromatic rings. The molecule has 0 aliphatic heterocycles. The van der Waals surface area contributed by atoms with E-state index in [2.05, 4.69) is 25.3 Å². The van der Waals surface area contributed by atoms with Crippen LogP contribution in [-0.4, -0.2) is 51.3 Å². The molecule has 9 heteroatoms. The number of hydrogen-bond donors (Lipinski definition) is 3. The predicted octanol–water partition coefficient (Wildman–Crippen LogP) is 1.27. The molecule has 1 aliphatic rings. The molecule has 0 radical (unpaired) electrons. The fourth-order valence-corrected chi connectivity index (χ4v) is 4.19. The summed E-state index contributed by atoms with van der Waals surface area (Å²) in [5, 5.41) is 7.45. The van der Waals surface area contributed by atoms with Gasteiger partial charge in [0, 0.05) is 37.1 Å². The summed E-state index contributed by atoms with van der Waals surface area (Å²) >= 11 is 1.69. The van der Waals surface area contributed by atoms with Crippen molar-refractivity contribution in [2.75, 3.05) is 31.9 Å². The van der Waals surface area contributed by atoms with Crippen LogP contribution in [0.1, 0.15) is 36.1 Å². The van der Waals surface area contributed by atoms with Gasteiger partial charge in [-0.25, -0.2) is 18.1 Å². The Bertz CT molecular complexity index is 653. The number of aliphatic imine (C=N–C) groups is 1. The van der Waals surface area contributed by atoms with Crippen molar-refractivity contribution in [1.82, 2.24) is 20.3 Å². The highest BCUT2D eigenvalue weighted by atomic mass is 32.2. The monoisotopic (exact) mass is 387 g/mol. The zero-order valence-electron chi connectivity index (χ0n) is 15.0. The van der Waals surface area contributed by atoms with Crippen molar-refractivity contribution in [3.05, 3.63) is 16.1 Å². The summed E-state index contributed by atoms with van der Waals surface area (Å²) in [5.74, 6) is 1.18. The standard InChI is InChI=1S/C16H29N5O2S2/c1-3-17-16(18-8-7-15-20-11-13(2)24-15)19-9-10-25(22,23)21-12-14-5-4-6-14/h11,14,21H,3-10,12H2,1-2H3,(H2,17,18,19). The van der Waals surface area contributed by atoms with Gasteiger partial charge in [-0.15, -0.1) is 11.3 Å².